The smallest absolute Gasteiger partial charge is 1.00 e. The van der Waals surface area contributed by atoms with Crippen LogP contribution >= 0.6 is 48.8 Å². The number of nitrogens with zero attached hydrogens (tertiary/aromatic N) is 12. The minimum atomic E-state index is -4.67. The van der Waals surface area contributed by atoms with Gasteiger partial charge >= 0.3 is 45.0 Å². The topological polar surface area (TPSA) is 404 Å². The van der Waals surface area contributed by atoms with Gasteiger partial charge in [0.1, 0.15) is 54.5 Å². The summed E-state index contributed by atoms with van der Waals surface area (Å²) in [5, 5.41) is 26.5. The number of carbonyl (C=O) groups excluding carboxylic acids is 5. The van der Waals surface area contributed by atoms with Gasteiger partial charge in [0.2, 0.25) is 0 Å². The zero-order valence-electron chi connectivity index (χ0n) is 66.0. The molecule has 30 nitrogen and oxygen atoms in total. The zero-order chi connectivity index (χ0) is 79.7. The number of hydrogen-bond acceptors (Lipinski definition) is 27. The molecule has 0 atom stereocenters. The molecule has 1 amide bonds. The second-order valence-electron chi connectivity index (χ2n) is 24.9. The Morgan fingerprint density at radius 3 is 1.04 bits per heavy atom. The molecule has 6 aromatic rings. The Morgan fingerprint density at radius 2 is 0.800 bits per heavy atom. The quantitative estimate of drug-likeness (QED) is 0.0113. The first kappa shape index (κ1) is 114. The number of rotatable bonds is 14. The average Bonchev–Trinajstić information content (AvgIpc) is 0.889. The Labute approximate surface area is 725 Å². The number of carbonyl (C=O) groups is 5. The first-order chi connectivity index (χ1) is 52.7. The van der Waals surface area contributed by atoms with Gasteiger partial charge in [0.25, 0.3) is 0 Å². The first-order valence-corrected chi connectivity index (χ1v) is 38.2. The number of nitrogens with two attached hydrogens (primary N) is 1. The number of Topliss-reactive ketones (excluding diaryl/α,β-unsaturated/α-hetero) is 3. The average molecular weight is 1740 g/mol. The number of nitriles is 1. The third-order valence-corrected chi connectivity index (χ3v) is 17.2. The predicted molar refractivity (Wildman–Crippen MR) is 452 cm³/mol. The van der Waals surface area contributed by atoms with Gasteiger partial charge in [-0.15, -0.1) is 37.2 Å². The molecular weight excluding hydrogens is 1620 g/mol. The summed E-state index contributed by atoms with van der Waals surface area (Å²) in [5.74, 6) is 6.05. The summed E-state index contributed by atoms with van der Waals surface area (Å²) < 4.78 is 40.7. The molecular formula is C78H117Cl5MgN16O14S. The van der Waals surface area contributed by atoms with Crippen LogP contribution < -0.4 is 34.3 Å². The molecule has 0 saturated carbocycles. The molecule has 37 heteroatoms. The fraction of sp³-hybridized carbons (Fsp3) is 0.500. The molecule has 6 aliphatic heterocycles. The van der Waals surface area contributed by atoms with E-state index >= 15 is 0 Å². The van der Waals surface area contributed by atoms with Crippen LogP contribution in [0.15, 0.2) is 157 Å². The number of halogens is 5. The standard InChI is InChI=1S/C14H18N2O3.2C12H17N3O.C12H16N2O.C11H14N2O.C6H4N2.C6H12N.C3H5ClO2.CH5NO.CH4.4ClH.Mg.H2O4S/c1-2-19-14(18)16-9-6-11(7-10-16)13(17)12-5-3-4-8-15-12;2*1-16-15-12(10-5-8-13-9-6-10)11-4-2-3-7-14-11;1-14-8-5-10(6-9-14)12(15)11-4-2-3-7-13-11;14-11(9-4-7-12-8-5-9)10-3-1-2-6-13-10;7-5-6-3-1-2-4-8-6;1-7-5-3-2-4-6-7;1-2-6-3(4)5;1-3-2;;;;;;;1-5(2,3)4/h3-5,8,11H,2,6-7,9-10H2,1H3;2*2-4,7,10,13H,5-6,8-9H2,1H3;2-4,7,10H,5-6,8-9H2,1H3;1-3,6,9,12H,4-5,7-8H2;1-4H;2H,3-6H2,1H3;2H2,1H3;2H2,1H3;1H4;4*1H;;(H2,1,2,3,4)/q;;;;;;-1;;;;;;;;+2;/p-1/b;15-12+;;;;;;;;;;;;;;. The zero-order valence-corrected chi connectivity index (χ0v) is 72.2. The normalized spacial score (nSPS) is 15.6. The van der Waals surface area contributed by atoms with Crippen LogP contribution in [0.1, 0.15) is 147 Å². The van der Waals surface area contributed by atoms with Crippen LogP contribution in [0.3, 0.4) is 0 Å². The summed E-state index contributed by atoms with van der Waals surface area (Å²) in [4.78, 5) is 102. The van der Waals surface area contributed by atoms with E-state index in [1.807, 2.05) is 72.8 Å². The summed E-state index contributed by atoms with van der Waals surface area (Å²) in [7, 11) is 4.18. The summed E-state index contributed by atoms with van der Waals surface area (Å²) in [6.07, 6.45) is 24.4. The van der Waals surface area contributed by atoms with Crippen molar-refractivity contribution >= 4 is 123 Å². The van der Waals surface area contributed by atoms with E-state index in [4.69, 9.17) is 48.8 Å². The molecule has 636 valence electrons. The predicted octanol–water partition coefficient (Wildman–Crippen LogP) is 8.50. The van der Waals surface area contributed by atoms with Crippen molar-refractivity contribution in [2.24, 2.45) is 45.8 Å². The number of hydrogen-bond donors (Lipinski definition) is 6. The summed E-state index contributed by atoms with van der Waals surface area (Å²) >= 11 is 4.72. The Hall–Kier alpha value is -7.11. The summed E-state index contributed by atoms with van der Waals surface area (Å²) in [6.45, 7) is 16.0. The largest absolute Gasteiger partial charge is 2.00 e. The van der Waals surface area contributed by atoms with E-state index in [0.29, 0.717) is 73.8 Å². The van der Waals surface area contributed by atoms with Crippen LogP contribution in [-0.2, 0) is 34.4 Å². The minimum absolute atomic E-state index is 0. The molecule has 0 spiro atoms. The summed E-state index contributed by atoms with van der Waals surface area (Å²) in [6, 6.07) is 35.3. The van der Waals surface area contributed by atoms with Crippen molar-refractivity contribution in [3.8, 4) is 6.07 Å². The molecule has 12 rings (SSSR count). The number of aromatic nitrogens is 6. The fourth-order valence-electron chi connectivity index (χ4n) is 11.5. The molecule has 6 aliphatic rings. The van der Waals surface area contributed by atoms with Gasteiger partial charge in [-0.3, -0.25) is 48.4 Å². The Bertz CT molecular complexity index is 3580. The molecule has 0 radical (unpaired) electrons. The van der Waals surface area contributed by atoms with Crippen LogP contribution in [0.5, 0.6) is 0 Å². The molecule has 0 aliphatic carbocycles. The number of piperidine rings is 6. The summed E-state index contributed by atoms with van der Waals surface area (Å²) in [5.41, 5.74) is 5.27. The van der Waals surface area contributed by atoms with Crippen molar-refractivity contribution < 1.29 is 77.9 Å². The van der Waals surface area contributed by atoms with Gasteiger partial charge < -0.3 is 73.5 Å². The number of oxime groups is 2. The van der Waals surface area contributed by atoms with Gasteiger partial charge in [-0.05, 0) is 230 Å². The van der Waals surface area contributed by atoms with Crippen LogP contribution in [-0.4, -0.2) is 253 Å². The van der Waals surface area contributed by atoms with Crippen LogP contribution in [0.4, 0.5) is 9.59 Å². The van der Waals surface area contributed by atoms with E-state index in [1.54, 1.807) is 113 Å². The number of ketones is 3. The first-order valence-electron chi connectivity index (χ1n) is 36.4. The maximum Gasteiger partial charge on any atom is 2.00 e. The number of amides is 1. The van der Waals surface area contributed by atoms with Gasteiger partial charge in [-0.2, -0.15) is 26.5 Å². The SMILES string of the molecule is C.CCOC(=O)Cl.CCOC(=O)N1CCC(C(=O)c2ccccn2)CC1.CN1CCC(C(=O)c2ccccn2)CC1.CN1CC[CH-]CC1.CO/N=C(/c1ccccn1)C1CCNCC1.CON.CON=C(c1ccccn1)C1CCNCC1.Cl.Cl.Cl.N#Cc1ccccn1.O=C(c1ccccn1)C1CCNCC1.O=S(=O)(O)O.[Cl-].[Mg+2]. The number of likely N-dealkylation sites (tertiary alicyclic amines) is 3. The molecule has 0 unspecified atom stereocenters. The number of ether oxygens (including phenoxy) is 2. The Kier molecular flexibility index (Phi) is 70.5. The van der Waals surface area contributed by atoms with Crippen molar-refractivity contribution in [1.29, 1.82) is 5.26 Å². The van der Waals surface area contributed by atoms with Crippen LogP contribution in [0.2, 0.25) is 0 Å². The van der Waals surface area contributed by atoms with Crippen molar-refractivity contribution in [3.63, 3.8) is 0 Å². The van der Waals surface area contributed by atoms with E-state index in [-0.39, 0.29) is 121 Å². The molecule has 0 aromatic carbocycles. The van der Waals surface area contributed by atoms with Crippen molar-refractivity contribution in [2.75, 3.05) is 127 Å². The van der Waals surface area contributed by atoms with E-state index in [0.717, 1.165) is 127 Å². The molecule has 0 bridgehead atoms. The molecule has 6 fully saturated rings. The second kappa shape index (κ2) is 71.0. The minimum Gasteiger partial charge on any atom is -1.00 e. The number of nitrogens with one attached hydrogen (secondary N) is 3. The molecule has 115 heavy (non-hydrogen) atoms. The molecule has 6 saturated heterocycles. The maximum absolute atomic E-state index is 12.2. The third-order valence-electron chi connectivity index (χ3n) is 17.1. The van der Waals surface area contributed by atoms with E-state index in [2.05, 4.69) is 102 Å². The van der Waals surface area contributed by atoms with Crippen LogP contribution in [0, 0.1) is 47.3 Å². The molecule has 6 aromatic heterocycles. The van der Waals surface area contributed by atoms with E-state index < -0.39 is 15.8 Å². The van der Waals surface area contributed by atoms with Crippen molar-refractivity contribution in [1.82, 2.24) is 60.6 Å². The second-order valence-corrected chi connectivity index (χ2v) is 26.2. The Balaban J connectivity index is -0.000000610. The van der Waals surface area contributed by atoms with E-state index in [1.165, 1.54) is 33.0 Å². The van der Waals surface area contributed by atoms with Gasteiger partial charge in [0.05, 0.1) is 31.7 Å². The third kappa shape index (κ3) is 51.6. The van der Waals surface area contributed by atoms with Gasteiger partial charge in [-0.1, -0.05) is 54.1 Å². The van der Waals surface area contributed by atoms with Gasteiger partial charge in [0.15, 0.2) is 17.3 Å². The van der Waals surface area contributed by atoms with Crippen LogP contribution in [0.25, 0.3) is 0 Å². The molecule has 12 heterocycles. The van der Waals surface area contributed by atoms with Gasteiger partial charge in [-0.25, -0.2) is 20.5 Å². The van der Waals surface area contributed by atoms with Gasteiger partial charge in [0, 0.05) is 91.5 Å². The van der Waals surface area contributed by atoms with E-state index in [9.17, 15) is 24.0 Å². The number of pyridine rings is 6. The fourth-order valence-corrected chi connectivity index (χ4v) is 11.7. The Morgan fingerprint density at radius 1 is 0.513 bits per heavy atom. The van der Waals surface area contributed by atoms with Crippen molar-refractivity contribution in [2.45, 2.75) is 98.3 Å². The maximum atomic E-state index is 12.2. The van der Waals surface area contributed by atoms with Crippen molar-refractivity contribution in [3.05, 3.63) is 187 Å². The molecule has 7 N–H and O–H groups in total. The monoisotopic (exact) mass is 1730 g/mol.